The highest BCUT2D eigenvalue weighted by Crippen LogP contribution is 1.89. The van der Waals surface area contributed by atoms with Crippen LogP contribution in [0.2, 0.25) is 0 Å². The zero-order valence-electron chi connectivity index (χ0n) is 9.29. The maximum Gasteiger partial charge on any atom is 0.129 e. The predicted molar refractivity (Wildman–Crippen MR) is 57.1 cm³/mol. The Morgan fingerprint density at radius 1 is 1.31 bits per heavy atom. The first kappa shape index (κ1) is 12.4. The summed E-state index contributed by atoms with van der Waals surface area (Å²) in [4.78, 5) is 7.42. The van der Waals surface area contributed by atoms with Gasteiger partial charge in [-0.3, -0.25) is 0 Å². The molecule has 0 radical (unpaired) electrons. The summed E-state index contributed by atoms with van der Waals surface area (Å²) >= 11 is 0. The summed E-state index contributed by atoms with van der Waals surface area (Å²) in [6, 6.07) is 0. The molecule has 0 unspecified atom stereocenters. The second-order valence-electron chi connectivity index (χ2n) is 3.36. The maximum absolute atomic E-state index is 5.11. The smallest absolute Gasteiger partial charge is 0.129 e. The molecule has 0 aliphatic heterocycles. The lowest BCUT2D eigenvalue weighted by Crippen LogP contribution is -2.26. The van der Waals surface area contributed by atoms with Crippen molar-refractivity contribution in [2.75, 3.05) is 26.2 Å². The first-order chi connectivity index (χ1) is 6.20. The Bertz CT molecular complexity index is 131. The fraction of sp³-hybridized carbons (Fsp3) is 0.900. The summed E-state index contributed by atoms with van der Waals surface area (Å²) in [6.45, 7) is 12.3. The van der Waals surface area contributed by atoms with Crippen molar-refractivity contribution in [2.24, 2.45) is 11.1 Å². The largest absolute Gasteiger partial charge is 0.395 e. The van der Waals surface area contributed by atoms with Crippen molar-refractivity contribution >= 4 is 6.21 Å². The molecule has 0 aromatic heterocycles. The lowest BCUT2D eigenvalue weighted by atomic mass is 10.3. The Morgan fingerprint density at radius 3 is 2.38 bits per heavy atom. The zero-order valence-corrected chi connectivity index (χ0v) is 9.29. The fourth-order valence-corrected chi connectivity index (χ4v) is 0.927. The third-order valence-electron chi connectivity index (χ3n) is 1.83. The Morgan fingerprint density at radius 2 is 1.92 bits per heavy atom. The van der Waals surface area contributed by atoms with Crippen molar-refractivity contribution < 1.29 is 4.84 Å². The van der Waals surface area contributed by atoms with Crippen LogP contribution in [0.3, 0.4) is 0 Å². The second kappa shape index (κ2) is 8.05. The molecule has 0 heterocycles. The van der Waals surface area contributed by atoms with E-state index in [1.807, 2.05) is 6.21 Å². The van der Waals surface area contributed by atoms with E-state index >= 15 is 0 Å². The molecule has 3 heteroatoms. The molecule has 0 N–H and O–H groups in total. The summed E-state index contributed by atoms with van der Waals surface area (Å²) in [7, 11) is 0. The second-order valence-corrected chi connectivity index (χ2v) is 3.36. The van der Waals surface area contributed by atoms with E-state index in [4.69, 9.17) is 4.84 Å². The summed E-state index contributed by atoms with van der Waals surface area (Å²) < 4.78 is 0. The number of hydrogen-bond acceptors (Lipinski definition) is 3. The monoisotopic (exact) mass is 186 g/mol. The van der Waals surface area contributed by atoms with Crippen molar-refractivity contribution in [3.8, 4) is 0 Å². The van der Waals surface area contributed by atoms with Gasteiger partial charge < -0.3 is 9.74 Å². The molecule has 13 heavy (non-hydrogen) atoms. The highest BCUT2D eigenvalue weighted by molar-refractivity contribution is 5.58. The van der Waals surface area contributed by atoms with Gasteiger partial charge in [0.1, 0.15) is 6.61 Å². The molecule has 0 saturated carbocycles. The van der Waals surface area contributed by atoms with E-state index in [1.54, 1.807) is 0 Å². The molecular weight excluding hydrogens is 164 g/mol. The minimum absolute atomic E-state index is 0.466. The van der Waals surface area contributed by atoms with Gasteiger partial charge in [-0.25, -0.2) is 0 Å². The SMILES string of the molecule is CCN(CC)CCO/N=C/C(C)C. The van der Waals surface area contributed by atoms with Crippen LogP contribution in [0.5, 0.6) is 0 Å². The molecule has 0 bridgehead atoms. The number of hydrogen-bond donors (Lipinski definition) is 0. The summed E-state index contributed by atoms with van der Waals surface area (Å²) in [5.41, 5.74) is 0. The fourth-order valence-electron chi connectivity index (χ4n) is 0.927. The van der Waals surface area contributed by atoms with Gasteiger partial charge in [0, 0.05) is 12.8 Å². The van der Waals surface area contributed by atoms with Crippen LogP contribution in [0.25, 0.3) is 0 Å². The molecule has 0 atom stereocenters. The van der Waals surface area contributed by atoms with E-state index in [0.717, 1.165) is 19.6 Å². The van der Waals surface area contributed by atoms with Gasteiger partial charge in [-0.2, -0.15) is 0 Å². The van der Waals surface area contributed by atoms with E-state index in [-0.39, 0.29) is 0 Å². The number of likely N-dealkylation sites (N-methyl/N-ethyl adjacent to an activating group) is 1. The Hall–Kier alpha value is -0.570. The average Bonchev–Trinajstić information content (AvgIpc) is 2.11. The van der Waals surface area contributed by atoms with Gasteiger partial charge in [0.05, 0.1) is 0 Å². The minimum Gasteiger partial charge on any atom is -0.395 e. The zero-order chi connectivity index (χ0) is 10.1. The third kappa shape index (κ3) is 7.78. The standard InChI is InChI=1S/C10H22N2O/c1-5-12(6-2)7-8-13-11-9-10(3)4/h9-10H,5-8H2,1-4H3/b11-9+. The van der Waals surface area contributed by atoms with Gasteiger partial charge in [-0.05, 0) is 19.0 Å². The third-order valence-corrected chi connectivity index (χ3v) is 1.83. The molecule has 0 aliphatic rings. The van der Waals surface area contributed by atoms with Crippen molar-refractivity contribution in [1.82, 2.24) is 4.90 Å². The lowest BCUT2D eigenvalue weighted by Gasteiger charge is -2.16. The van der Waals surface area contributed by atoms with Crippen LogP contribution < -0.4 is 0 Å². The molecule has 0 fully saturated rings. The van der Waals surface area contributed by atoms with Crippen molar-refractivity contribution in [2.45, 2.75) is 27.7 Å². The van der Waals surface area contributed by atoms with E-state index in [0.29, 0.717) is 12.5 Å². The molecule has 0 saturated heterocycles. The molecule has 3 nitrogen and oxygen atoms in total. The quantitative estimate of drug-likeness (QED) is 0.345. The number of nitrogens with zero attached hydrogens (tertiary/aromatic N) is 2. The van der Waals surface area contributed by atoms with Gasteiger partial charge >= 0.3 is 0 Å². The van der Waals surface area contributed by atoms with Crippen molar-refractivity contribution in [1.29, 1.82) is 0 Å². The van der Waals surface area contributed by atoms with Crippen molar-refractivity contribution in [3.05, 3.63) is 0 Å². The van der Waals surface area contributed by atoms with Gasteiger partial charge in [0.2, 0.25) is 0 Å². The Balaban J connectivity index is 3.33. The van der Waals surface area contributed by atoms with E-state index in [1.165, 1.54) is 0 Å². The van der Waals surface area contributed by atoms with Crippen LogP contribution in [0.1, 0.15) is 27.7 Å². The Kier molecular flexibility index (Phi) is 7.69. The first-order valence-corrected chi connectivity index (χ1v) is 5.08. The van der Waals surface area contributed by atoms with Crippen molar-refractivity contribution in [3.63, 3.8) is 0 Å². The minimum atomic E-state index is 0.466. The average molecular weight is 186 g/mol. The number of rotatable bonds is 7. The number of oxime groups is 1. The first-order valence-electron chi connectivity index (χ1n) is 5.08. The van der Waals surface area contributed by atoms with Gasteiger partial charge in [-0.1, -0.05) is 32.9 Å². The van der Waals surface area contributed by atoms with Crippen LogP contribution >= 0.6 is 0 Å². The molecule has 0 amide bonds. The summed E-state index contributed by atoms with van der Waals surface area (Å²) in [6.07, 6.45) is 1.82. The van der Waals surface area contributed by atoms with Crippen LogP contribution in [-0.2, 0) is 4.84 Å². The van der Waals surface area contributed by atoms with E-state index < -0.39 is 0 Å². The molecule has 0 spiro atoms. The topological polar surface area (TPSA) is 24.8 Å². The van der Waals surface area contributed by atoms with Gasteiger partial charge in [-0.15, -0.1) is 0 Å². The Labute approximate surface area is 81.7 Å². The molecule has 0 aromatic rings. The summed E-state index contributed by atoms with van der Waals surface area (Å²) in [5.74, 6) is 0.466. The predicted octanol–water partition coefficient (Wildman–Crippen LogP) is 1.99. The normalized spacial score (nSPS) is 11.8. The van der Waals surface area contributed by atoms with Gasteiger partial charge in [0.15, 0.2) is 0 Å². The molecule has 0 rings (SSSR count). The van der Waals surface area contributed by atoms with Crippen LogP contribution in [0.15, 0.2) is 5.16 Å². The highest BCUT2D eigenvalue weighted by atomic mass is 16.6. The maximum atomic E-state index is 5.11. The van der Waals surface area contributed by atoms with Crippen LogP contribution in [0.4, 0.5) is 0 Å². The lowest BCUT2D eigenvalue weighted by molar-refractivity contribution is 0.114. The van der Waals surface area contributed by atoms with Crippen LogP contribution in [0, 0.1) is 5.92 Å². The highest BCUT2D eigenvalue weighted by Gasteiger charge is 1.97. The summed E-state index contributed by atoms with van der Waals surface area (Å²) in [5, 5.41) is 3.86. The molecule has 0 aromatic carbocycles. The van der Waals surface area contributed by atoms with E-state index in [2.05, 4.69) is 37.8 Å². The van der Waals surface area contributed by atoms with Gasteiger partial charge in [0.25, 0.3) is 0 Å². The van der Waals surface area contributed by atoms with Crippen LogP contribution in [-0.4, -0.2) is 37.4 Å². The van der Waals surface area contributed by atoms with E-state index in [9.17, 15) is 0 Å². The molecule has 78 valence electrons. The molecule has 0 aliphatic carbocycles. The molecular formula is C10H22N2O.